The zero-order valence-corrected chi connectivity index (χ0v) is 18.6. The molecule has 3 aromatic heterocycles. The number of hydrogen-bond acceptors (Lipinski definition) is 7. The van der Waals surface area contributed by atoms with Gasteiger partial charge in [-0.3, -0.25) is 9.36 Å². The van der Waals surface area contributed by atoms with Gasteiger partial charge in [-0.05, 0) is 44.6 Å². The summed E-state index contributed by atoms with van der Waals surface area (Å²) < 4.78 is 7.22. The molecule has 8 heteroatoms. The molecule has 0 N–H and O–H groups in total. The molecule has 0 saturated heterocycles. The van der Waals surface area contributed by atoms with Gasteiger partial charge < -0.3 is 4.52 Å². The van der Waals surface area contributed by atoms with Crippen molar-refractivity contribution >= 4 is 33.3 Å². The van der Waals surface area contributed by atoms with E-state index in [0.29, 0.717) is 24.2 Å². The van der Waals surface area contributed by atoms with Crippen LogP contribution in [0.25, 0.3) is 10.2 Å². The maximum absolute atomic E-state index is 13.3. The molecule has 0 aromatic carbocycles. The highest BCUT2D eigenvalue weighted by Gasteiger charge is 2.26. The number of aromatic nitrogens is 4. The highest BCUT2D eigenvalue weighted by atomic mass is 32.2. The summed E-state index contributed by atoms with van der Waals surface area (Å²) >= 11 is 3.20. The number of thioether (sulfide) groups is 1. The van der Waals surface area contributed by atoms with Gasteiger partial charge in [-0.1, -0.05) is 37.7 Å². The van der Waals surface area contributed by atoms with Gasteiger partial charge in [0.05, 0.1) is 10.6 Å². The Hall–Kier alpha value is -1.67. The molecule has 0 fully saturated rings. The predicted octanol–water partition coefficient (Wildman–Crippen LogP) is 4.96. The molecule has 3 aromatic rings. The summed E-state index contributed by atoms with van der Waals surface area (Å²) in [5, 5.41) is 5.54. The molecule has 150 valence electrons. The van der Waals surface area contributed by atoms with Crippen molar-refractivity contribution in [2.24, 2.45) is 5.92 Å². The van der Waals surface area contributed by atoms with E-state index in [9.17, 15) is 4.79 Å². The Balaban J connectivity index is 1.73. The quantitative estimate of drug-likeness (QED) is 0.430. The Bertz CT molecular complexity index is 1070. The number of thiophene rings is 1. The standard InChI is InChI=1S/C20H26N4O2S2/c1-6-24-19(25)15-13-8-7-11(4)9-14(13)28-18(15)22-20(24)27-12(5)17-21-16(10(2)3)23-26-17/h10-12H,6-9H2,1-5H3/t11-,12-/m0/s1. The molecule has 0 amide bonds. The molecule has 4 rings (SSSR count). The molecule has 28 heavy (non-hydrogen) atoms. The van der Waals surface area contributed by atoms with E-state index < -0.39 is 0 Å². The fourth-order valence-corrected chi connectivity index (χ4v) is 6.06. The van der Waals surface area contributed by atoms with E-state index in [-0.39, 0.29) is 16.7 Å². The van der Waals surface area contributed by atoms with Gasteiger partial charge in [0.15, 0.2) is 11.0 Å². The molecule has 1 aliphatic rings. The lowest BCUT2D eigenvalue weighted by Gasteiger charge is -2.17. The number of fused-ring (bicyclic) bond motifs is 3. The molecule has 1 aliphatic carbocycles. The lowest BCUT2D eigenvalue weighted by atomic mass is 9.89. The van der Waals surface area contributed by atoms with Crippen molar-refractivity contribution < 1.29 is 4.52 Å². The monoisotopic (exact) mass is 418 g/mol. The van der Waals surface area contributed by atoms with Crippen LogP contribution in [0.1, 0.15) is 74.4 Å². The largest absolute Gasteiger partial charge is 0.338 e. The Morgan fingerprint density at radius 3 is 2.79 bits per heavy atom. The Morgan fingerprint density at radius 2 is 2.11 bits per heavy atom. The zero-order chi connectivity index (χ0) is 20.0. The van der Waals surface area contributed by atoms with E-state index in [1.54, 1.807) is 15.9 Å². The first-order valence-corrected chi connectivity index (χ1v) is 11.6. The molecule has 0 unspecified atom stereocenters. The van der Waals surface area contributed by atoms with E-state index in [4.69, 9.17) is 9.51 Å². The summed E-state index contributed by atoms with van der Waals surface area (Å²) in [6, 6.07) is 0. The molecule has 2 atom stereocenters. The second-order valence-corrected chi connectivity index (χ2v) is 10.3. The van der Waals surface area contributed by atoms with Gasteiger partial charge in [-0.15, -0.1) is 11.3 Å². The Labute approximate surface area is 172 Å². The van der Waals surface area contributed by atoms with Crippen molar-refractivity contribution in [2.45, 2.75) is 76.8 Å². The van der Waals surface area contributed by atoms with E-state index in [2.05, 4.69) is 17.1 Å². The average molecular weight is 419 g/mol. The van der Waals surface area contributed by atoms with Crippen LogP contribution < -0.4 is 5.56 Å². The molecule has 0 radical (unpaired) electrons. The fourth-order valence-electron chi connectivity index (χ4n) is 3.63. The number of hydrogen-bond donors (Lipinski definition) is 0. The second-order valence-electron chi connectivity index (χ2n) is 7.88. The lowest BCUT2D eigenvalue weighted by Crippen LogP contribution is -2.23. The van der Waals surface area contributed by atoms with Gasteiger partial charge in [0, 0.05) is 17.3 Å². The van der Waals surface area contributed by atoms with Crippen molar-refractivity contribution in [1.82, 2.24) is 19.7 Å². The van der Waals surface area contributed by atoms with E-state index in [1.807, 2.05) is 27.7 Å². The summed E-state index contributed by atoms with van der Waals surface area (Å²) in [5.41, 5.74) is 1.32. The normalized spacial score (nSPS) is 18.0. The molecular weight excluding hydrogens is 392 g/mol. The van der Waals surface area contributed by atoms with Crippen LogP contribution in [0, 0.1) is 5.92 Å². The van der Waals surface area contributed by atoms with Gasteiger partial charge in [0.25, 0.3) is 5.56 Å². The number of rotatable bonds is 5. The summed E-state index contributed by atoms with van der Waals surface area (Å²) in [5.74, 6) is 2.18. The molecular formula is C20H26N4O2S2. The number of nitrogens with zero attached hydrogens (tertiary/aromatic N) is 4. The third-order valence-electron chi connectivity index (χ3n) is 5.30. The van der Waals surface area contributed by atoms with E-state index >= 15 is 0 Å². The zero-order valence-electron chi connectivity index (χ0n) is 17.0. The Kier molecular flexibility index (Phi) is 5.35. The smallest absolute Gasteiger partial charge is 0.263 e. The van der Waals surface area contributed by atoms with Gasteiger partial charge >= 0.3 is 0 Å². The summed E-state index contributed by atoms with van der Waals surface area (Å²) in [6.07, 6.45) is 3.19. The van der Waals surface area contributed by atoms with Crippen LogP contribution in [-0.4, -0.2) is 19.7 Å². The van der Waals surface area contributed by atoms with Gasteiger partial charge in [0.1, 0.15) is 4.83 Å². The number of aryl methyl sites for hydroxylation is 1. The van der Waals surface area contributed by atoms with Gasteiger partial charge in [-0.2, -0.15) is 4.98 Å². The van der Waals surface area contributed by atoms with Crippen LogP contribution in [-0.2, 0) is 19.4 Å². The van der Waals surface area contributed by atoms with Gasteiger partial charge in [0.2, 0.25) is 5.89 Å². The summed E-state index contributed by atoms with van der Waals surface area (Å²) in [6.45, 7) is 11.0. The maximum atomic E-state index is 13.3. The van der Waals surface area contributed by atoms with Crippen LogP contribution >= 0.6 is 23.1 Å². The van der Waals surface area contributed by atoms with Crippen molar-refractivity contribution in [2.75, 3.05) is 0 Å². The topological polar surface area (TPSA) is 73.8 Å². The first-order chi connectivity index (χ1) is 13.4. The van der Waals surface area contributed by atoms with Crippen LogP contribution in [0.2, 0.25) is 0 Å². The van der Waals surface area contributed by atoms with Crippen molar-refractivity contribution in [3.8, 4) is 0 Å². The molecule has 0 bridgehead atoms. The Morgan fingerprint density at radius 1 is 1.32 bits per heavy atom. The average Bonchev–Trinajstić information content (AvgIpc) is 3.26. The molecule has 0 aliphatic heterocycles. The van der Waals surface area contributed by atoms with Crippen LogP contribution in [0.5, 0.6) is 0 Å². The molecule has 3 heterocycles. The minimum Gasteiger partial charge on any atom is -0.338 e. The minimum atomic E-state index is -0.0724. The molecule has 0 saturated carbocycles. The summed E-state index contributed by atoms with van der Waals surface area (Å²) in [7, 11) is 0. The third kappa shape index (κ3) is 3.41. The van der Waals surface area contributed by atoms with Crippen LogP contribution in [0.4, 0.5) is 0 Å². The van der Waals surface area contributed by atoms with Gasteiger partial charge in [-0.25, -0.2) is 4.98 Å². The van der Waals surface area contributed by atoms with Crippen molar-refractivity contribution in [1.29, 1.82) is 0 Å². The first-order valence-electron chi connectivity index (χ1n) is 9.94. The summed E-state index contributed by atoms with van der Waals surface area (Å²) in [4.78, 5) is 24.9. The molecule has 0 spiro atoms. The van der Waals surface area contributed by atoms with Crippen molar-refractivity contribution in [3.63, 3.8) is 0 Å². The first kappa shape index (κ1) is 19.6. The van der Waals surface area contributed by atoms with Crippen LogP contribution in [0.15, 0.2) is 14.5 Å². The maximum Gasteiger partial charge on any atom is 0.263 e. The lowest BCUT2D eigenvalue weighted by molar-refractivity contribution is 0.372. The van der Waals surface area contributed by atoms with Crippen molar-refractivity contribution in [3.05, 3.63) is 32.5 Å². The van der Waals surface area contributed by atoms with E-state index in [0.717, 1.165) is 34.6 Å². The minimum absolute atomic E-state index is 0.0724. The van der Waals surface area contributed by atoms with E-state index in [1.165, 1.54) is 22.2 Å². The van der Waals surface area contributed by atoms with Crippen LogP contribution in [0.3, 0.4) is 0 Å². The second kappa shape index (κ2) is 7.63. The highest BCUT2D eigenvalue weighted by Crippen LogP contribution is 2.38. The molecule has 6 nitrogen and oxygen atoms in total. The third-order valence-corrected chi connectivity index (χ3v) is 7.53. The predicted molar refractivity (Wildman–Crippen MR) is 113 cm³/mol. The highest BCUT2D eigenvalue weighted by molar-refractivity contribution is 7.99. The SMILES string of the molecule is CCn1c(S[C@@H](C)c2nc(C(C)C)no2)nc2sc3c(c2c1=O)CC[C@H](C)C3. The fraction of sp³-hybridized carbons (Fsp3) is 0.600.